The maximum Gasteiger partial charge on any atom is 0.236 e. The molecule has 0 radical (unpaired) electrons. The number of guanidine groups is 1. The van der Waals surface area contributed by atoms with Gasteiger partial charge in [-0.2, -0.15) is 0 Å². The Morgan fingerprint density at radius 3 is 2.79 bits per heavy atom. The van der Waals surface area contributed by atoms with E-state index in [0.717, 1.165) is 28.3 Å². The van der Waals surface area contributed by atoms with Crippen LogP contribution >= 0.6 is 35.3 Å². The van der Waals surface area contributed by atoms with E-state index in [1.54, 1.807) is 24.6 Å². The molecule has 8 heteroatoms. The molecule has 2 N–H and O–H groups in total. The third-order valence-electron chi connectivity index (χ3n) is 4.07. The number of aromatic nitrogens is 1. The second-order valence-corrected chi connectivity index (χ2v) is 7.31. The zero-order valence-electron chi connectivity index (χ0n) is 16.9. The van der Waals surface area contributed by atoms with Gasteiger partial charge in [0, 0.05) is 19.2 Å². The molecule has 3 aromatic rings. The SMILES string of the molecule is CCCOc1cc(C)ccc1CNC(=NC)NCc1coc(-c2cccs2)n1.I. The summed E-state index contributed by atoms with van der Waals surface area (Å²) in [6, 6.07) is 10.2. The molecule has 0 spiro atoms. The van der Waals surface area contributed by atoms with Gasteiger partial charge in [0.2, 0.25) is 5.89 Å². The van der Waals surface area contributed by atoms with Crippen LogP contribution in [0.1, 0.15) is 30.2 Å². The molecule has 0 saturated carbocycles. The van der Waals surface area contributed by atoms with E-state index in [0.29, 0.717) is 31.5 Å². The number of oxazole rings is 1. The minimum atomic E-state index is 0. The number of thiophene rings is 1. The molecule has 1 aromatic carbocycles. The lowest BCUT2D eigenvalue weighted by Crippen LogP contribution is -2.36. The molecule has 6 nitrogen and oxygen atoms in total. The van der Waals surface area contributed by atoms with E-state index in [1.165, 1.54) is 5.56 Å². The topological polar surface area (TPSA) is 71.7 Å². The number of ether oxygens (including phenoxy) is 1. The van der Waals surface area contributed by atoms with Crippen molar-refractivity contribution in [1.29, 1.82) is 0 Å². The van der Waals surface area contributed by atoms with Gasteiger partial charge in [-0.05, 0) is 36.4 Å². The maximum absolute atomic E-state index is 5.88. The first kappa shape index (κ1) is 23.2. The van der Waals surface area contributed by atoms with Crippen molar-refractivity contribution in [1.82, 2.24) is 15.6 Å². The normalized spacial score (nSPS) is 11.1. The third-order valence-corrected chi connectivity index (χ3v) is 4.93. The summed E-state index contributed by atoms with van der Waals surface area (Å²) in [5, 5.41) is 8.60. The lowest BCUT2D eigenvalue weighted by Gasteiger charge is -2.15. The van der Waals surface area contributed by atoms with Crippen LogP contribution in [0.15, 0.2) is 51.4 Å². The largest absolute Gasteiger partial charge is 0.493 e. The molecular weight excluding hydrogens is 499 g/mol. The molecule has 0 unspecified atom stereocenters. The molecule has 0 aliphatic rings. The number of aryl methyl sites for hydroxylation is 1. The average molecular weight is 526 g/mol. The third kappa shape index (κ3) is 6.74. The van der Waals surface area contributed by atoms with Gasteiger partial charge in [0.1, 0.15) is 12.0 Å². The van der Waals surface area contributed by atoms with Gasteiger partial charge in [-0.15, -0.1) is 35.3 Å². The van der Waals surface area contributed by atoms with E-state index in [1.807, 2.05) is 17.5 Å². The maximum atomic E-state index is 5.88. The van der Waals surface area contributed by atoms with Crippen LogP contribution in [0.4, 0.5) is 0 Å². The van der Waals surface area contributed by atoms with Gasteiger partial charge >= 0.3 is 0 Å². The van der Waals surface area contributed by atoms with Gasteiger partial charge < -0.3 is 19.8 Å². The van der Waals surface area contributed by atoms with Crippen molar-refractivity contribution in [2.75, 3.05) is 13.7 Å². The van der Waals surface area contributed by atoms with Gasteiger partial charge in [-0.3, -0.25) is 4.99 Å². The van der Waals surface area contributed by atoms with Crippen molar-refractivity contribution in [2.24, 2.45) is 4.99 Å². The zero-order valence-corrected chi connectivity index (χ0v) is 20.0. The molecule has 2 heterocycles. The second kappa shape index (κ2) is 11.8. The second-order valence-electron chi connectivity index (χ2n) is 6.36. The van der Waals surface area contributed by atoms with Gasteiger partial charge in [-0.1, -0.05) is 25.1 Å². The summed E-state index contributed by atoms with van der Waals surface area (Å²) in [4.78, 5) is 9.82. The lowest BCUT2D eigenvalue weighted by molar-refractivity contribution is 0.313. The number of hydrogen-bond donors (Lipinski definition) is 2. The molecule has 0 atom stereocenters. The van der Waals surface area contributed by atoms with E-state index in [9.17, 15) is 0 Å². The zero-order chi connectivity index (χ0) is 19.8. The van der Waals surface area contributed by atoms with Crippen molar-refractivity contribution < 1.29 is 9.15 Å². The van der Waals surface area contributed by atoms with E-state index >= 15 is 0 Å². The van der Waals surface area contributed by atoms with Crippen LogP contribution in [0.25, 0.3) is 10.8 Å². The predicted octanol–water partition coefficient (Wildman–Crippen LogP) is 4.98. The number of aliphatic imine (C=N–C) groups is 1. The van der Waals surface area contributed by atoms with E-state index in [-0.39, 0.29) is 24.0 Å². The lowest BCUT2D eigenvalue weighted by atomic mass is 10.1. The van der Waals surface area contributed by atoms with Crippen LogP contribution in [0.2, 0.25) is 0 Å². The molecule has 0 bridgehead atoms. The Balaban J connectivity index is 0.00000300. The van der Waals surface area contributed by atoms with Crippen LogP contribution in [0.3, 0.4) is 0 Å². The van der Waals surface area contributed by atoms with Crippen molar-refractivity contribution in [3.63, 3.8) is 0 Å². The Bertz CT molecular complexity index is 909. The summed E-state index contributed by atoms with van der Waals surface area (Å²) < 4.78 is 11.4. The summed E-state index contributed by atoms with van der Waals surface area (Å²) in [6.45, 7) is 6.04. The van der Waals surface area contributed by atoms with Crippen LogP contribution in [0, 0.1) is 6.92 Å². The number of benzene rings is 1. The fourth-order valence-corrected chi connectivity index (χ4v) is 3.29. The quantitative estimate of drug-likeness (QED) is 0.246. The van der Waals surface area contributed by atoms with Crippen molar-refractivity contribution in [3.8, 4) is 16.5 Å². The van der Waals surface area contributed by atoms with Gasteiger partial charge in [0.15, 0.2) is 5.96 Å². The Morgan fingerprint density at radius 1 is 1.24 bits per heavy atom. The van der Waals surface area contributed by atoms with Gasteiger partial charge in [-0.25, -0.2) is 4.98 Å². The minimum Gasteiger partial charge on any atom is -0.493 e. The molecule has 3 rings (SSSR count). The monoisotopic (exact) mass is 526 g/mol. The molecule has 156 valence electrons. The van der Waals surface area contributed by atoms with Crippen LogP contribution in [-0.4, -0.2) is 24.6 Å². The Kier molecular flexibility index (Phi) is 9.46. The summed E-state index contributed by atoms with van der Waals surface area (Å²) in [7, 11) is 1.75. The number of nitrogens with zero attached hydrogens (tertiary/aromatic N) is 2. The first-order valence-corrected chi connectivity index (χ1v) is 10.2. The summed E-state index contributed by atoms with van der Waals surface area (Å²) >= 11 is 1.61. The van der Waals surface area contributed by atoms with Crippen molar-refractivity contribution >= 4 is 41.3 Å². The highest BCUT2D eigenvalue weighted by molar-refractivity contribution is 14.0. The van der Waals surface area contributed by atoms with E-state index in [4.69, 9.17) is 9.15 Å². The van der Waals surface area contributed by atoms with E-state index in [2.05, 4.69) is 52.7 Å². The number of nitrogens with one attached hydrogen (secondary N) is 2. The Labute approximate surface area is 192 Å². The molecule has 0 saturated heterocycles. The number of halogens is 1. The first-order chi connectivity index (χ1) is 13.7. The molecule has 2 aromatic heterocycles. The Morgan fingerprint density at radius 2 is 2.07 bits per heavy atom. The Hall–Kier alpha value is -2.07. The van der Waals surface area contributed by atoms with Crippen LogP contribution in [-0.2, 0) is 13.1 Å². The van der Waals surface area contributed by atoms with Crippen molar-refractivity contribution in [3.05, 3.63) is 58.8 Å². The summed E-state index contributed by atoms with van der Waals surface area (Å²) in [6.07, 6.45) is 2.65. The van der Waals surface area contributed by atoms with Crippen LogP contribution in [0.5, 0.6) is 5.75 Å². The molecule has 0 fully saturated rings. The fraction of sp³-hybridized carbons (Fsp3) is 0.333. The molecule has 0 aliphatic heterocycles. The van der Waals surface area contributed by atoms with Gasteiger partial charge in [0.25, 0.3) is 0 Å². The fourth-order valence-electron chi connectivity index (χ4n) is 2.63. The highest BCUT2D eigenvalue weighted by Crippen LogP contribution is 2.23. The molecular formula is C21H27IN4O2S. The standard InChI is InChI=1S/C21H26N4O2S.HI/c1-4-9-26-18-11-15(2)7-8-16(18)12-23-21(22-3)24-13-17-14-27-20(25-17)19-6-5-10-28-19;/h5-8,10-11,14H,4,9,12-13H2,1-3H3,(H2,22,23,24);1H. The van der Waals surface area contributed by atoms with E-state index < -0.39 is 0 Å². The first-order valence-electron chi connectivity index (χ1n) is 9.34. The minimum absolute atomic E-state index is 0. The predicted molar refractivity (Wildman–Crippen MR) is 129 cm³/mol. The smallest absolute Gasteiger partial charge is 0.236 e. The number of rotatable bonds is 8. The highest BCUT2D eigenvalue weighted by Gasteiger charge is 2.09. The highest BCUT2D eigenvalue weighted by atomic mass is 127. The molecule has 0 aliphatic carbocycles. The van der Waals surface area contributed by atoms with Crippen molar-refractivity contribution in [2.45, 2.75) is 33.4 Å². The molecule has 29 heavy (non-hydrogen) atoms. The number of hydrogen-bond acceptors (Lipinski definition) is 5. The summed E-state index contributed by atoms with van der Waals surface area (Å²) in [5.74, 6) is 2.26. The summed E-state index contributed by atoms with van der Waals surface area (Å²) in [5.41, 5.74) is 3.11. The molecule has 0 amide bonds. The van der Waals surface area contributed by atoms with Gasteiger partial charge in [0.05, 0.1) is 23.7 Å². The van der Waals surface area contributed by atoms with Crippen LogP contribution < -0.4 is 15.4 Å². The average Bonchev–Trinajstić information content (AvgIpc) is 3.39.